The standard InChI is InChI=1S/C6H5F3O4S/c7-6(8,9)14(11,12)13-5-2-1-4(10)3-5/h3H,1-2H2. The highest BCUT2D eigenvalue weighted by atomic mass is 32.2. The molecule has 0 saturated carbocycles. The minimum absolute atomic E-state index is 0.0251. The Morgan fingerprint density at radius 3 is 2.21 bits per heavy atom. The third kappa shape index (κ3) is 2.25. The number of carbonyl (C=O) groups is 1. The van der Waals surface area contributed by atoms with Gasteiger partial charge in [0, 0.05) is 18.9 Å². The Bertz CT molecular complexity index is 378. The van der Waals surface area contributed by atoms with Crippen LogP contribution in [-0.4, -0.2) is 19.7 Å². The van der Waals surface area contributed by atoms with Gasteiger partial charge in [-0.05, 0) is 0 Å². The molecule has 0 aromatic rings. The van der Waals surface area contributed by atoms with E-state index in [0.29, 0.717) is 0 Å². The summed E-state index contributed by atoms with van der Waals surface area (Å²) in [6.07, 6.45) is 0.611. The minimum Gasteiger partial charge on any atom is -0.380 e. The van der Waals surface area contributed by atoms with Gasteiger partial charge in [0.05, 0.1) is 0 Å². The number of allylic oxidation sites excluding steroid dienone is 2. The van der Waals surface area contributed by atoms with Gasteiger partial charge < -0.3 is 4.18 Å². The Kier molecular flexibility index (Phi) is 2.57. The van der Waals surface area contributed by atoms with Crippen molar-refractivity contribution in [2.45, 2.75) is 18.3 Å². The summed E-state index contributed by atoms with van der Waals surface area (Å²) in [5, 5.41) is 0. The van der Waals surface area contributed by atoms with Gasteiger partial charge in [-0.25, -0.2) is 0 Å². The van der Waals surface area contributed by atoms with E-state index in [1.807, 2.05) is 0 Å². The van der Waals surface area contributed by atoms with E-state index in [2.05, 4.69) is 4.18 Å². The minimum atomic E-state index is -5.63. The zero-order chi connectivity index (χ0) is 11.0. The van der Waals surface area contributed by atoms with E-state index >= 15 is 0 Å². The molecule has 0 N–H and O–H groups in total. The summed E-state index contributed by atoms with van der Waals surface area (Å²) in [6, 6.07) is 0. The molecule has 0 bridgehead atoms. The number of hydrogen-bond acceptors (Lipinski definition) is 4. The molecular formula is C6H5F3O4S. The number of rotatable bonds is 2. The van der Waals surface area contributed by atoms with Gasteiger partial charge in [0.1, 0.15) is 5.76 Å². The Balaban J connectivity index is 2.80. The number of halogens is 3. The van der Waals surface area contributed by atoms with Crippen molar-refractivity contribution in [1.82, 2.24) is 0 Å². The lowest BCUT2D eigenvalue weighted by atomic mass is 10.3. The highest BCUT2D eigenvalue weighted by Gasteiger charge is 2.49. The molecule has 80 valence electrons. The molecule has 4 nitrogen and oxygen atoms in total. The molecule has 1 aliphatic carbocycles. The smallest absolute Gasteiger partial charge is 0.380 e. The highest BCUT2D eigenvalue weighted by molar-refractivity contribution is 7.87. The maximum atomic E-state index is 11.8. The third-order valence-electron chi connectivity index (χ3n) is 1.44. The van der Waals surface area contributed by atoms with Crippen molar-refractivity contribution in [3.8, 4) is 0 Å². The van der Waals surface area contributed by atoms with Crippen LogP contribution in [0.15, 0.2) is 11.8 Å². The van der Waals surface area contributed by atoms with Crippen molar-refractivity contribution in [3.05, 3.63) is 11.8 Å². The fourth-order valence-corrected chi connectivity index (χ4v) is 1.33. The van der Waals surface area contributed by atoms with Gasteiger partial charge in [-0.15, -0.1) is 0 Å². The van der Waals surface area contributed by atoms with Gasteiger partial charge in [-0.2, -0.15) is 21.6 Å². The fraction of sp³-hybridized carbons (Fsp3) is 0.500. The van der Waals surface area contributed by atoms with Crippen LogP contribution in [0.1, 0.15) is 12.8 Å². The molecule has 0 saturated heterocycles. The van der Waals surface area contributed by atoms with E-state index in [4.69, 9.17) is 0 Å². The van der Waals surface area contributed by atoms with Gasteiger partial charge in [0.25, 0.3) is 0 Å². The van der Waals surface area contributed by atoms with Crippen LogP contribution in [-0.2, 0) is 19.1 Å². The normalized spacial score (nSPS) is 18.2. The van der Waals surface area contributed by atoms with Crippen LogP contribution in [0.5, 0.6) is 0 Å². The third-order valence-corrected chi connectivity index (χ3v) is 2.44. The second-order valence-corrected chi connectivity index (χ2v) is 4.10. The molecule has 0 radical (unpaired) electrons. The second-order valence-electron chi connectivity index (χ2n) is 2.56. The first-order chi connectivity index (χ1) is 6.22. The summed E-state index contributed by atoms with van der Waals surface area (Å²) in [7, 11) is -5.63. The predicted octanol–water partition coefficient (Wildman–Crippen LogP) is 1.10. The highest BCUT2D eigenvalue weighted by Crippen LogP contribution is 2.29. The topological polar surface area (TPSA) is 60.4 Å². The monoisotopic (exact) mass is 230 g/mol. The van der Waals surface area contributed by atoms with Gasteiger partial charge in [-0.3, -0.25) is 4.79 Å². The first-order valence-electron chi connectivity index (χ1n) is 3.46. The lowest BCUT2D eigenvalue weighted by Gasteiger charge is -2.08. The molecule has 0 atom stereocenters. The molecule has 1 aliphatic rings. The molecular weight excluding hydrogens is 225 g/mol. The second kappa shape index (κ2) is 3.26. The summed E-state index contributed by atoms with van der Waals surface area (Å²) in [5.74, 6) is -0.912. The number of carbonyl (C=O) groups excluding carboxylic acids is 1. The molecule has 0 fully saturated rings. The van der Waals surface area contributed by atoms with Crippen molar-refractivity contribution < 1.29 is 30.6 Å². The van der Waals surface area contributed by atoms with Crippen LogP contribution in [0, 0.1) is 0 Å². The van der Waals surface area contributed by atoms with E-state index in [1.165, 1.54) is 0 Å². The summed E-state index contributed by atoms with van der Waals surface area (Å²) in [5.41, 5.74) is -5.46. The van der Waals surface area contributed by atoms with Crippen molar-refractivity contribution >= 4 is 15.9 Å². The quantitative estimate of drug-likeness (QED) is 0.526. The molecule has 1 rings (SSSR count). The van der Waals surface area contributed by atoms with Gasteiger partial charge >= 0.3 is 15.6 Å². The van der Waals surface area contributed by atoms with Crippen LogP contribution >= 0.6 is 0 Å². The zero-order valence-corrected chi connectivity index (χ0v) is 7.48. The molecule has 8 heteroatoms. The first kappa shape index (κ1) is 11.0. The average molecular weight is 230 g/mol. The van der Waals surface area contributed by atoms with Crippen molar-refractivity contribution in [1.29, 1.82) is 0 Å². The Morgan fingerprint density at radius 1 is 1.29 bits per heavy atom. The molecule has 0 unspecified atom stereocenters. The molecule has 0 aromatic carbocycles. The number of ketones is 1. The zero-order valence-electron chi connectivity index (χ0n) is 6.67. The summed E-state index contributed by atoms with van der Waals surface area (Å²) >= 11 is 0. The summed E-state index contributed by atoms with van der Waals surface area (Å²) < 4.78 is 59.8. The van der Waals surface area contributed by atoms with E-state index in [9.17, 15) is 26.4 Å². The van der Waals surface area contributed by atoms with Crippen molar-refractivity contribution in [3.63, 3.8) is 0 Å². The lowest BCUT2D eigenvalue weighted by molar-refractivity contribution is -0.114. The first-order valence-corrected chi connectivity index (χ1v) is 4.87. The van der Waals surface area contributed by atoms with Gasteiger partial charge in [0.15, 0.2) is 5.78 Å². The van der Waals surface area contributed by atoms with E-state index < -0.39 is 27.2 Å². The van der Waals surface area contributed by atoms with E-state index in [-0.39, 0.29) is 12.8 Å². The Hall–Kier alpha value is -1.05. The SMILES string of the molecule is O=C1C=C(OS(=O)(=O)C(F)(F)F)CC1. The molecule has 0 heterocycles. The molecule has 0 aliphatic heterocycles. The Labute approximate surface area is 77.5 Å². The summed E-state index contributed by atoms with van der Waals surface area (Å²) in [6.45, 7) is 0. The van der Waals surface area contributed by atoms with Crippen LogP contribution in [0.3, 0.4) is 0 Å². The van der Waals surface area contributed by atoms with Crippen LogP contribution in [0.2, 0.25) is 0 Å². The summed E-state index contributed by atoms with van der Waals surface area (Å²) in [4.78, 5) is 10.6. The van der Waals surface area contributed by atoms with Crippen LogP contribution < -0.4 is 0 Å². The molecule has 0 aromatic heterocycles. The van der Waals surface area contributed by atoms with Gasteiger partial charge in [-0.1, -0.05) is 0 Å². The number of hydrogen-bond donors (Lipinski definition) is 0. The predicted molar refractivity (Wildman–Crippen MR) is 38.4 cm³/mol. The van der Waals surface area contributed by atoms with Gasteiger partial charge in [0.2, 0.25) is 0 Å². The van der Waals surface area contributed by atoms with Crippen LogP contribution in [0.25, 0.3) is 0 Å². The lowest BCUT2D eigenvalue weighted by Crippen LogP contribution is -2.25. The van der Waals surface area contributed by atoms with E-state index in [0.717, 1.165) is 6.08 Å². The fourth-order valence-electron chi connectivity index (χ4n) is 0.824. The average Bonchev–Trinajstić information content (AvgIpc) is 2.31. The number of alkyl halides is 3. The maximum absolute atomic E-state index is 11.8. The molecule has 0 spiro atoms. The maximum Gasteiger partial charge on any atom is 0.534 e. The van der Waals surface area contributed by atoms with Crippen LogP contribution in [0.4, 0.5) is 13.2 Å². The molecule has 14 heavy (non-hydrogen) atoms. The van der Waals surface area contributed by atoms with Crippen molar-refractivity contribution in [2.24, 2.45) is 0 Å². The Morgan fingerprint density at radius 2 is 1.86 bits per heavy atom. The van der Waals surface area contributed by atoms with E-state index in [1.54, 1.807) is 0 Å². The molecule has 0 amide bonds. The largest absolute Gasteiger partial charge is 0.534 e. The van der Waals surface area contributed by atoms with Crippen molar-refractivity contribution in [2.75, 3.05) is 0 Å².